The molecule has 0 bridgehead atoms. The lowest BCUT2D eigenvalue weighted by Gasteiger charge is -2.44. The zero-order chi connectivity index (χ0) is 22.4. The van der Waals surface area contributed by atoms with Gasteiger partial charge < -0.3 is 4.72 Å². The summed E-state index contributed by atoms with van der Waals surface area (Å²) in [4.78, 5) is 32.2. The van der Waals surface area contributed by atoms with Crippen molar-refractivity contribution in [3.8, 4) is 0 Å². The van der Waals surface area contributed by atoms with Gasteiger partial charge in [0.1, 0.15) is 0 Å². The third kappa shape index (κ3) is 3.11. The van der Waals surface area contributed by atoms with Gasteiger partial charge >= 0.3 is 0 Å². The fourth-order valence-corrected chi connectivity index (χ4v) is 6.00. The van der Waals surface area contributed by atoms with E-state index in [-0.39, 0.29) is 11.6 Å². The lowest BCUT2D eigenvalue weighted by atomic mass is 9.82. The molecule has 0 aromatic heterocycles. The minimum absolute atomic E-state index is 0.0993. The van der Waals surface area contributed by atoms with Crippen LogP contribution < -0.4 is 4.72 Å². The highest BCUT2D eigenvalue weighted by atomic mass is 32.2. The van der Waals surface area contributed by atoms with Gasteiger partial charge in [0.2, 0.25) is 0 Å². The second-order valence-corrected chi connectivity index (χ2v) is 9.45. The zero-order valence-corrected chi connectivity index (χ0v) is 18.9. The smallest absolute Gasteiger partial charge is 0.196 e. The van der Waals surface area contributed by atoms with E-state index in [1.165, 1.54) is 11.3 Å². The summed E-state index contributed by atoms with van der Waals surface area (Å²) in [5.41, 5.74) is 3.01. The van der Waals surface area contributed by atoms with Gasteiger partial charge in [0.25, 0.3) is 0 Å². The summed E-state index contributed by atoms with van der Waals surface area (Å²) in [6.07, 6.45) is 8.32. The standard InChI is InChI=1S/C26H24N4O2S/c31-24-21-10-4-5-11-22(21)25(32)26(24,20-8-2-1-3-9-20)29-15-13-28(14-16-29)18-19-7-6-12-30-23(19)17-27-33-30/h1-12,17,27H,13-16,18H2. The van der Waals surface area contributed by atoms with Crippen molar-refractivity contribution in [3.63, 3.8) is 0 Å². The minimum Gasteiger partial charge on any atom is -0.316 e. The molecule has 3 heterocycles. The van der Waals surface area contributed by atoms with E-state index in [9.17, 15) is 9.59 Å². The van der Waals surface area contributed by atoms with Crippen LogP contribution in [0.25, 0.3) is 0 Å². The number of carbonyl (C=O) groups excluding carboxylic acids is 2. The number of benzene rings is 2. The summed E-state index contributed by atoms with van der Waals surface area (Å²) in [7, 11) is 0. The molecular formula is C26H24N4O2S. The van der Waals surface area contributed by atoms with Crippen molar-refractivity contribution in [3.05, 3.63) is 107 Å². The minimum atomic E-state index is -1.27. The van der Waals surface area contributed by atoms with E-state index in [2.05, 4.69) is 37.2 Å². The van der Waals surface area contributed by atoms with Gasteiger partial charge in [-0.15, -0.1) is 0 Å². The summed E-state index contributed by atoms with van der Waals surface area (Å²) in [6, 6.07) is 16.8. The quantitative estimate of drug-likeness (QED) is 0.559. The first-order chi connectivity index (χ1) is 16.2. The van der Waals surface area contributed by atoms with Crippen LogP contribution in [0.4, 0.5) is 0 Å². The first-order valence-electron chi connectivity index (χ1n) is 11.2. The number of allylic oxidation sites excluding steroid dienone is 2. The highest BCUT2D eigenvalue weighted by molar-refractivity contribution is 7.95. The molecule has 6 rings (SSSR count). The molecule has 0 amide bonds. The number of ketones is 2. The Kier molecular flexibility index (Phi) is 4.98. The SMILES string of the molecule is O=C1c2ccccc2C(=O)C1(c1ccccc1)N1CCN(CC2=CC=CN3SNC=C23)CC1. The molecule has 1 N–H and O–H groups in total. The summed E-state index contributed by atoms with van der Waals surface area (Å²) in [6.45, 7) is 3.72. The fraction of sp³-hybridized carbons (Fsp3) is 0.231. The Morgan fingerprint density at radius 3 is 2.24 bits per heavy atom. The molecule has 7 heteroatoms. The Balaban J connectivity index is 1.27. The highest BCUT2D eigenvalue weighted by Gasteiger charge is 2.58. The lowest BCUT2D eigenvalue weighted by Crippen LogP contribution is -2.60. The molecule has 0 atom stereocenters. The summed E-state index contributed by atoms with van der Waals surface area (Å²) >= 11 is 1.56. The number of fused-ring (bicyclic) bond motifs is 2. The summed E-state index contributed by atoms with van der Waals surface area (Å²) < 4.78 is 5.33. The maximum Gasteiger partial charge on any atom is 0.196 e. The Labute approximate surface area is 197 Å². The normalized spacial score (nSPS) is 22.0. The molecule has 1 saturated heterocycles. The molecule has 2 aromatic rings. The number of Topliss-reactive ketones (excluding diaryl/α,β-unsaturated/α-hetero) is 2. The molecule has 4 aliphatic rings. The number of hydrogen-bond donors (Lipinski definition) is 1. The first kappa shape index (κ1) is 20.5. The van der Waals surface area contributed by atoms with Gasteiger partial charge in [0.15, 0.2) is 17.1 Å². The van der Waals surface area contributed by atoms with Gasteiger partial charge in [0.05, 0.1) is 17.8 Å². The van der Waals surface area contributed by atoms with Gasteiger partial charge in [-0.25, -0.2) is 0 Å². The molecule has 0 saturated carbocycles. The Hall–Kier alpha value is -3.13. The predicted molar refractivity (Wildman–Crippen MR) is 129 cm³/mol. The number of rotatable bonds is 4. The van der Waals surface area contributed by atoms with Crippen molar-refractivity contribution in [1.82, 2.24) is 18.8 Å². The monoisotopic (exact) mass is 456 g/mol. The molecule has 1 aliphatic carbocycles. The van der Waals surface area contributed by atoms with Crippen LogP contribution in [0.2, 0.25) is 0 Å². The van der Waals surface area contributed by atoms with Crippen LogP contribution in [-0.4, -0.2) is 58.4 Å². The first-order valence-corrected chi connectivity index (χ1v) is 12.0. The van der Waals surface area contributed by atoms with E-state index in [0.717, 1.165) is 25.2 Å². The zero-order valence-electron chi connectivity index (χ0n) is 18.1. The van der Waals surface area contributed by atoms with E-state index in [1.54, 1.807) is 24.3 Å². The number of nitrogens with one attached hydrogen (secondary N) is 1. The number of nitrogens with zero attached hydrogens (tertiary/aromatic N) is 3. The van der Waals surface area contributed by atoms with Crippen molar-refractivity contribution in [2.45, 2.75) is 5.54 Å². The molecule has 2 aromatic carbocycles. The molecule has 33 heavy (non-hydrogen) atoms. The van der Waals surface area contributed by atoms with Crippen LogP contribution in [0.1, 0.15) is 26.3 Å². The van der Waals surface area contributed by atoms with Crippen LogP contribution in [0.3, 0.4) is 0 Å². The molecule has 0 unspecified atom stereocenters. The topological polar surface area (TPSA) is 55.9 Å². The molecule has 0 radical (unpaired) electrons. The van der Waals surface area contributed by atoms with Crippen LogP contribution >= 0.6 is 12.1 Å². The second kappa shape index (κ2) is 8.02. The maximum atomic E-state index is 13.8. The number of piperazine rings is 1. The Morgan fingerprint density at radius 1 is 0.879 bits per heavy atom. The maximum absolute atomic E-state index is 13.8. The number of carbonyl (C=O) groups is 2. The highest BCUT2D eigenvalue weighted by Crippen LogP contribution is 2.43. The summed E-state index contributed by atoms with van der Waals surface area (Å²) in [5, 5.41) is 0. The average molecular weight is 457 g/mol. The molecule has 166 valence electrons. The fourth-order valence-electron chi connectivity index (χ4n) is 5.32. The summed E-state index contributed by atoms with van der Waals surface area (Å²) in [5.74, 6) is -0.199. The van der Waals surface area contributed by atoms with Crippen molar-refractivity contribution in [2.75, 3.05) is 32.7 Å². The second-order valence-electron chi connectivity index (χ2n) is 8.64. The van der Waals surface area contributed by atoms with Crippen LogP contribution in [-0.2, 0) is 5.54 Å². The lowest BCUT2D eigenvalue weighted by molar-refractivity contribution is 0.0306. The van der Waals surface area contributed by atoms with E-state index < -0.39 is 5.54 Å². The largest absolute Gasteiger partial charge is 0.316 e. The van der Waals surface area contributed by atoms with Crippen LogP contribution in [0, 0.1) is 0 Å². The van der Waals surface area contributed by atoms with Crippen LogP contribution in [0.15, 0.2) is 90.4 Å². The molecule has 1 fully saturated rings. The van der Waals surface area contributed by atoms with Crippen molar-refractivity contribution >= 4 is 23.7 Å². The van der Waals surface area contributed by atoms with Gasteiger partial charge in [-0.3, -0.25) is 23.7 Å². The van der Waals surface area contributed by atoms with Gasteiger partial charge in [-0.05, 0) is 17.2 Å². The number of hydrogen-bond acceptors (Lipinski definition) is 7. The van der Waals surface area contributed by atoms with Crippen molar-refractivity contribution in [1.29, 1.82) is 0 Å². The van der Waals surface area contributed by atoms with E-state index in [0.29, 0.717) is 24.2 Å². The Morgan fingerprint density at radius 2 is 1.55 bits per heavy atom. The predicted octanol–water partition coefficient (Wildman–Crippen LogP) is 3.34. The molecule has 6 nitrogen and oxygen atoms in total. The van der Waals surface area contributed by atoms with Crippen molar-refractivity contribution in [2.24, 2.45) is 0 Å². The van der Waals surface area contributed by atoms with E-state index in [4.69, 9.17) is 0 Å². The van der Waals surface area contributed by atoms with Crippen molar-refractivity contribution < 1.29 is 9.59 Å². The van der Waals surface area contributed by atoms with Gasteiger partial charge in [-0.2, -0.15) is 0 Å². The average Bonchev–Trinajstić information content (AvgIpc) is 3.43. The molecule has 0 spiro atoms. The van der Waals surface area contributed by atoms with Crippen LogP contribution in [0.5, 0.6) is 0 Å². The van der Waals surface area contributed by atoms with Gasteiger partial charge in [0, 0.05) is 56.3 Å². The third-order valence-corrected chi connectivity index (χ3v) is 7.68. The Bertz CT molecular complexity index is 1180. The van der Waals surface area contributed by atoms with E-state index in [1.807, 2.05) is 48.7 Å². The third-order valence-electron chi connectivity index (χ3n) is 6.94. The van der Waals surface area contributed by atoms with E-state index >= 15 is 0 Å². The molecular weight excluding hydrogens is 432 g/mol. The molecule has 3 aliphatic heterocycles. The van der Waals surface area contributed by atoms with Gasteiger partial charge in [-0.1, -0.05) is 60.7 Å².